The maximum atomic E-state index is 13.6. The second-order valence-corrected chi connectivity index (χ2v) is 9.22. The summed E-state index contributed by atoms with van der Waals surface area (Å²) < 4.78 is 5.26. The van der Waals surface area contributed by atoms with Gasteiger partial charge in [0.15, 0.2) is 5.13 Å². The number of carbonyl (C=O) groups excluding carboxylic acids is 3. The molecule has 0 radical (unpaired) electrons. The van der Waals surface area contributed by atoms with E-state index in [0.717, 1.165) is 5.56 Å². The van der Waals surface area contributed by atoms with E-state index in [4.69, 9.17) is 4.74 Å². The van der Waals surface area contributed by atoms with Crippen molar-refractivity contribution in [3.05, 3.63) is 71.2 Å². The molecule has 1 atom stereocenters. The number of hydrogen-bond donors (Lipinski definition) is 2. The second-order valence-electron chi connectivity index (χ2n) is 8.33. The molecule has 0 aliphatic heterocycles. The van der Waals surface area contributed by atoms with Gasteiger partial charge in [-0.3, -0.25) is 19.3 Å². The minimum Gasteiger partial charge on any atom is -0.497 e. The quantitative estimate of drug-likeness (QED) is 0.433. The smallest absolute Gasteiger partial charge is 0.248 e. The van der Waals surface area contributed by atoms with Crippen LogP contribution in [-0.2, 0) is 14.4 Å². The molecule has 8 nitrogen and oxygen atoms in total. The van der Waals surface area contributed by atoms with Crippen LogP contribution in [0.25, 0.3) is 0 Å². The molecule has 9 heteroatoms. The van der Waals surface area contributed by atoms with Crippen LogP contribution in [0.4, 0.5) is 10.8 Å². The van der Waals surface area contributed by atoms with Crippen LogP contribution < -0.4 is 20.3 Å². The highest BCUT2D eigenvalue weighted by atomic mass is 32.1. The number of aryl methyl sites for hydroxylation is 1. The van der Waals surface area contributed by atoms with Crippen LogP contribution in [0.5, 0.6) is 5.75 Å². The van der Waals surface area contributed by atoms with E-state index in [1.165, 1.54) is 16.2 Å². The number of methoxy groups -OCH3 is 1. The van der Waals surface area contributed by atoms with Gasteiger partial charge in [-0.2, -0.15) is 0 Å². The molecule has 3 rings (SSSR count). The van der Waals surface area contributed by atoms with Gasteiger partial charge in [0.1, 0.15) is 11.8 Å². The van der Waals surface area contributed by atoms with Gasteiger partial charge in [-0.05, 0) is 56.2 Å². The van der Waals surface area contributed by atoms with Crippen LogP contribution >= 0.6 is 11.3 Å². The summed E-state index contributed by atoms with van der Waals surface area (Å²) in [6.45, 7) is 5.65. The lowest BCUT2D eigenvalue weighted by Gasteiger charge is -2.32. The molecule has 1 aromatic heterocycles. The number of thiazole rings is 1. The van der Waals surface area contributed by atoms with E-state index in [0.29, 0.717) is 22.1 Å². The summed E-state index contributed by atoms with van der Waals surface area (Å²) >= 11 is 1.30. The summed E-state index contributed by atoms with van der Waals surface area (Å²) in [6.07, 6.45) is 1.48. The van der Waals surface area contributed by atoms with Crippen molar-refractivity contribution in [3.8, 4) is 5.75 Å². The minimum absolute atomic E-state index is 0.0398. The first-order valence-corrected chi connectivity index (χ1v) is 12.2. The number of anilines is 2. The Morgan fingerprint density at radius 2 is 1.83 bits per heavy atom. The number of hydrogen-bond acceptors (Lipinski definition) is 6. The molecule has 0 saturated carbocycles. The molecule has 2 N–H and O–H groups in total. The number of carbonyl (C=O) groups is 3. The standard InChI is InChI=1S/C26H30N4O4S/c1-17(2)28-25(33)24(19-8-10-21(34-4)11-9-19)30(20-7-5-6-18(3)16-20)23(32)13-12-22(31)29-26-27-14-15-35-26/h5-11,14-17,24H,12-13H2,1-4H3,(H,28,33)(H,27,29,31)/t24-/m1/s1. The Morgan fingerprint density at radius 3 is 2.43 bits per heavy atom. The summed E-state index contributed by atoms with van der Waals surface area (Å²) in [5.41, 5.74) is 2.15. The first-order chi connectivity index (χ1) is 16.8. The Kier molecular flexibility index (Phi) is 8.97. The maximum Gasteiger partial charge on any atom is 0.248 e. The van der Waals surface area contributed by atoms with E-state index in [1.54, 1.807) is 49.0 Å². The molecule has 0 fully saturated rings. The van der Waals surface area contributed by atoms with E-state index in [9.17, 15) is 14.4 Å². The Balaban J connectivity index is 1.95. The largest absolute Gasteiger partial charge is 0.497 e. The number of nitrogens with one attached hydrogen (secondary N) is 2. The van der Waals surface area contributed by atoms with Crippen molar-refractivity contribution in [2.75, 3.05) is 17.3 Å². The molecule has 3 amide bonds. The lowest BCUT2D eigenvalue weighted by atomic mass is 10.0. The van der Waals surface area contributed by atoms with Crippen molar-refractivity contribution in [3.63, 3.8) is 0 Å². The molecule has 2 aromatic carbocycles. The van der Waals surface area contributed by atoms with Gasteiger partial charge in [0.25, 0.3) is 0 Å². The predicted octanol–water partition coefficient (Wildman–Crippen LogP) is 4.48. The van der Waals surface area contributed by atoms with E-state index in [2.05, 4.69) is 15.6 Å². The zero-order valence-corrected chi connectivity index (χ0v) is 21.1. The molecule has 184 valence electrons. The van der Waals surface area contributed by atoms with Crippen molar-refractivity contribution in [1.82, 2.24) is 10.3 Å². The third-order valence-corrected chi connectivity index (χ3v) is 5.85. The fourth-order valence-corrected chi connectivity index (χ4v) is 4.14. The molecule has 0 aliphatic carbocycles. The van der Waals surface area contributed by atoms with Crippen LogP contribution in [0, 0.1) is 6.92 Å². The van der Waals surface area contributed by atoms with Crippen LogP contribution in [0.2, 0.25) is 0 Å². The number of benzene rings is 2. The summed E-state index contributed by atoms with van der Waals surface area (Å²) in [6, 6.07) is 13.4. The predicted molar refractivity (Wildman–Crippen MR) is 138 cm³/mol. The van der Waals surface area contributed by atoms with Gasteiger partial charge in [0.05, 0.1) is 7.11 Å². The zero-order chi connectivity index (χ0) is 25.4. The van der Waals surface area contributed by atoms with Gasteiger partial charge in [-0.25, -0.2) is 4.98 Å². The monoisotopic (exact) mass is 494 g/mol. The third-order valence-electron chi connectivity index (χ3n) is 5.16. The number of rotatable bonds is 10. The number of nitrogens with zero attached hydrogens (tertiary/aromatic N) is 2. The second kappa shape index (κ2) is 12.1. The van der Waals surface area contributed by atoms with Crippen molar-refractivity contribution >= 4 is 39.9 Å². The van der Waals surface area contributed by atoms with Gasteiger partial charge in [0, 0.05) is 36.1 Å². The maximum absolute atomic E-state index is 13.6. The topological polar surface area (TPSA) is 101 Å². The van der Waals surface area contributed by atoms with Crippen molar-refractivity contribution in [2.45, 2.75) is 45.7 Å². The first-order valence-electron chi connectivity index (χ1n) is 11.3. The third kappa shape index (κ3) is 7.13. The highest BCUT2D eigenvalue weighted by Crippen LogP contribution is 2.31. The zero-order valence-electron chi connectivity index (χ0n) is 20.3. The molecular weight excluding hydrogens is 464 g/mol. The first kappa shape index (κ1) is 25.9. The molecular formula is C26H30N4O4S. The highest BCUT2D eigenvalue weighted by molar-refractivity contribution is 7.13. The fourth-order valence-electron chi connectivity index (χ4n) is 3.59. The van der Waals surface area contributed by atoms with Gasteiger partial charge >= 0.3 is 0 Å². The van der Waals surface area contributed by atoms with Crippen LogP contribution in [-0.4, -0.2) is 35.9 Å². The van der Waals surface area contributed by atoms with E-state index >= 15 is 0 Å². The Bertz CT molecular complexity index is 1150. The molecule has 0 bridgehead atoms. The van der Waals surface area contributed by atoms with Gasteiger partial charge in [0.2, 0.25) is 17.7 Å². The van der Waals surface area contributed by atoms with Crippen molar-refractivity contribution in [1.29, 1.82) is 0 Å². The Morgan fingerprint density at radius 1 is 1.09 bits per heavy atom. The summed E-state index contributed by atoms with van der Waals surface area (Å²) in [4.78, 5) is 45.0. The summed E-state index contributed by atoms with van der Waals surface area (Å²) in [5.74, 6) is -0.328. The Hall–Kier alpha value is -3.72. The van der Waals surface area contributed by atoms with E-state index in [1.807, 2.05) is 39.0 Å². The normalized spacial score (nSPS) is 11.6. The van der Waals surface area contributed by atoms with Gasteiger partial charge in [-0.15, -0.1) is 11.3 Å². The van der Waals surface area contributed by atoms with Crippen molar-refractivity contribution < 1.29 is 19.1 Å². The summed E-state index contributed by atoms with van der Waals surface area (Å²) in [7, 11) is 1.57. The molecule has 35 heavy (non-hydrogen) atoms. The average molecular weight is 495 g/mol. The van der Waals surface area contributed by atoms with Crippen molar-refractivity contribution in [2.24, 2.45) is 0 Å². The SMILES string of the molecule is COc1ccc([C@H](C(=O)NC(C)C)N(C(=O)CCC(=O)Nc2nccs2)c2cccc(C)c2)cc1. The highest BCUT2D eigenvalue weighted by Gasteiger charge is 2.33. The van der Waals surface area contributed by atoms with Crippen LogP contribution in [0.15, 0.2) is 60.1 Å². The fraction of sp³-hybridized carbons (Fsp3) is 0.308. The van der Waals surface area contributed by atoms with Crippen LogP contribution in [0.3, 0.4) is 0 Å². The summed E-state index contributed by atoms with van der Waals surface area (Å²) in [5, 5.41) is 7.86. The molecule has 1 heterocycles. The number of aromatic nitrogens is 1. The van der Waals surface area contributed by atoms with E-state index in [-0.39, 0.29) is 36.6 Å². The van der Waals surface area contributed by atoms with E-state index < -0.39 is 6.04 Å². The van der Waals surface area contributed by atoms with Crippen LogP contribution in [0.1, 0.15) is 43.9 Å². The van der Waals surface area contributed by atoms with Gasteiger partial charge in [-0.1, -0.05) is 24.3 Å². The lowest BCUT2D eigenvalue weighted by Crippen LogP contribution is -2.46. The lowest BCUT2D eigenvalue weighted by molar-refractivity contribution is -0.127. The molecule has 0 aliphatic rings. The molecule has 0 saturated heterocycles. The Labute approximate surface area is 209 Å². The minimum atomic E-state index is -0.931. The van der Waals surface area contributed by atoms with Gasteiger partial charge < -0.3 is 15.4 Å². The number of ether oxygens (including phenoxy) is 1. The number of amides is 3. The average Bonchev–Trinajstić information content (AvgIpc) is 3.33. The molecule has 3 aromatic rings. The molecule has 0 unspecified atom stereocenters. The molecule has 0 spiro atoms.